The second-order valence-corrected chi connectivity index (χ2v) is 8.66. The summed E-state index contributed by atoms with van der Waals surface area (Å²) < 4.78 is 0. The van der Waals surface area contributed by atoms with E-state index in [4.69, 9.17) is 4.98 Å². The van der Waals surface area contributed by atoms with Crippen molar-refractivity contribution < 1.29 is 4.79 Å². The molecular weight excluding hydrogens is 350 g/mol. The molecule has 2 fully saturated rings. The number of urea groups is 1. The molecule has 1 N–H and O–H groups in total. The van der Waals surface area contributed by atoms with Crippen molar-refractivity contribution in [2.45, 2.75) is 57.5 Å². The molecule has 2 aliphatic heterocycles. The number of nitrogens with zero attached hydrogens (tertiary/aromatic N) is 4. The van der Waals surface area contributed by atoms with Gasteiger partial charge in [0.2, 0.25) is 0 Å². The highest BCUT2D eigenvalue weighted by molar-refractivity contribution is 5.98. The molecule has 0 aromatic carbocycles. The molecule has 2 aromatic heterocycles. The molecule has 1 saturated carbocycles. The Balaban J connectivity index is 1.56. The van der Waals surface area contributed by atoms with Gasteiger partial charge in [-0.1, -0.05) is 12.8 Å². The summed E-state index contributed by atoms with van der Waals surface area (Å²) in [4.78, 5) is 26.9. The van der Waals surface area contributed by atoms with Crippen LogP contribution in [0.1, 0.15) is 44.7 Å². The van der Waals surface area contributed by atoms with E-state index in [-0.39, 0.29) is 11.6 Å². The highest BCUT2D eigenvalue weighted by atomic mass is 16.2. The van der Waals surface area contributed by atoms with E-state index in [0.29, 0.717) is 6.04 Å². The maximum absolute atomic E-state index is 13.4. The average molecular weight is 377 g/mol. The number of carbonyl (C=O) groups is 1. The Morgan fingerprint density at radius 1 is 1.25 bits per heavy atom. The van der Waals surface area contributed by atoms with Crippen LogP contribution in [-0.2, 0) is 0 Å². The van der Waals surface area contributed by atoms with E-state index >= 15 is 0 Å². The molecule has 4 heterocycles. The summed E-state index contributed by atoms with van der Waals surface area (Å²) in [6.45, 7) is 6.00. The van der Waals surface area contributed by atoms with Crippen LogP contribution < -0.4 is 15.1 Å². The Morgan fingerprint density at radius 3 is 2.86 bits per heavy atom. The van der Waals surface area contributed by atoms with Gasteiger partial charge >= 0.3 is 6.03 Å². The molecule has 2 aromatic rings. The summed E-state index contributed by atoms with van der Waals surface area (Å²) in [5, 5.41) is 3.28. The van der Waals surface area contributed by atoms with Gasteiger partial charge in [-0.3, -0.25) is 9.88 Å². The van der Waals surface area contributed by atoms with Gasteiger partial charge in [0, 0.05) is 36.6 Å². The molecule has 6 nitrogen and oxygen atoms in total. The van der Waals surface area contributed by atoms with Crippen LogP contribution in [0, 0.1) is 6.92 Å². The van der Waals surface area contributed by atoms with Crippen LogP contribution in [0.25, 0.3) is 11.3 Å². The summed E-state index contributed by atoms with van der Waals surface area (Å²) in [6, 6.07) is 8.49. The molecule has 3 aliphatic rings. The van der Waals surface area contributed by atoms with Crippen molar-refractivity contribution in [3.05, 3.63) is 36.2 Å². The number of amides is 2. The van der Waals surface area contributed by atoms with Gasteiger partial charge in [0.25, 0.3) is 0 Å². The molecule has 6 heteroatoms. The molecule has 28 heavy (non-hydrogen) atoms. The van der Waals surface area contributed by atoms with E-state index < -0.39 is 0 Å². The topological polar surface area (TPSA) is 61.4 Å². The fourth-order valence-corrected chi connectivity index (χ4v) is 4.96. The maximum Gasteiger partial charge on any atom is 0.323 e. The minimum absolute atomic E-state index is 0.00718. The van der Waals surface area contributed by atoms with E-state index in [1.807, 2.05) is 30.2 Å². The molecule has 0 radical (unpaired) electrons. The van der Waals surface area contributed by atoms with E-state index in [0.717, 1.165) is 60.8 Å². The largest absolute Gasteiger partial charge is 0.366 e. The predicted octanol–water partition coefficient (Wildman–Crippen LogP) is 3.89. The fraction of sp³-hybridized carbons (Fsp3) is 0.500. The lowest BCUT2D eigenvalue weighted by Gasteiger charge is -2.43. The number of rotatable bonds is 2. The Hall–Kier alpha value is -2.63. The number of hydrogen-bond donors (Lipinski definition) is 1. The normalized spacial score (nSPS) is 23.8. The van der Waals surface area contributed by atoms with Crippen molar-refractivity contribution in [2.75, 3.05) is 22.9 Å². The summed E-state index contributed by atoms with van der Waals surface area (Å²) in [5.41, 5.74) is 3.73. The molecule has 1 atom stereocenters. The van der Waals surface area contributed by atoms with E-state index in [2.05, 4.69) is 34.3 Å². The molecule has 1 unspecified atom stereocenters. The van der Waals surface area contributed by atoms with Gasteiger partial charge in [-0.2, -0.15) is 0 Å². The monoisotopic (exact) mass is 377 g/mol. The van der Waals surface area contributed by atoms with Crippen LogP contribution in [0.3, 0.4) is 0 Å². The van der Waals surface area contributed by atoms with E-state index in [9.17, 15) is 4.79 Å². The number of hydrogen-bond acceptors (Lipinski definition) is 4. The highest BCUT2D eigenvalue weighted by Crippen LogP contribution is 2.45. The molecule has 0 spiro atoms. The number of fused-ring (bicyclic) bond motifs is 4. The van der Waals surface area contributed by atoms with Crippen molar-refractivity contribution >= 4 is 17.5 Å². The standard InChI is InChI=1S/C22H27N5O/c1-15-13-16(9-11-23-15)18-7-8-19-20(25-18)27(22(2)10-12-26(19)14-22)21(28)24-17-5-3-4-6-17/h7-9,11,13,17H,3-6,10,12,14H2,1-2H3,(H,24,28). The Labute approximate surface area is 166 Å². The lowest BCUT2D eigenvalue weighted by Crippen LogP contribution is -2.59. The second-order valence-electron chi connectivity index (χ2n) is 8.66. The van der Waals surface area contributed by atoms with Gasteiger partial charge < -0.3 is 10.2 Å². The van der Waals surface area contributed by atoms with Crippen LogP contribution in [0.4, 0.5) is 16.3 Å². The summed E-state index contributed by atoms with van der Waals surface area (Å²) in [5.74, 6) is 0.786. The number of pyridine rings is 2. The van der Waals surface area contributed by atoms with E-state index in [1.54, 1.807) is 0 Å². The van der Waals surface area contributed by atoms with Crippen LogP contribution in [0.15, 0.2) is 30.5 Å². The van der Waals surface area contributed by atoms with Crippen molar-refractivity contribution in [1.29, 1.82) is 0 Å². The minimum atomic E-state index is -0.213. The minimum Gasteiger partial charge on any atom is -0.366 e. The summed E-state index contributed by atoms with van der Waals surface area (Å²) >= 11 is 0. The van der Waals surface area contributed by atoms with Gasteiger partial charge in [0.1, 0.15) is 0 Å². The fourth-order valence-electron chi connectivity index (χ4n) is 4.96. The zero-order valence-corrected chi connectivity index (χ0v) is 16.6. The predicted molar refractivity (Wildman–Crippen MR) is 111 cm³/mol. The Morgan fingerprint density at radius 2 is 2.07 bits per heavy atom. The van der Waals surface area contributed by atoms with E-state index in [1.165, 1.54) is 12.8 Å². The van der Waals surface area contributed by atoms with Crippen LogP contribution in [0.2, 0.25) is 0 Å². The van der Waals surface area contributed by atoms with Crippen molar-refractivity contribution in [1.82, 2.24) is 15.3 Å². The third-order valence-corrected chi connectivity index (χ3v) is 6.48. The second kappa shape index (κ2) is 6.47. The third kappa shape index (κ3) is 2.82. The highest BCUT2D eigenvalue weighted by Gasteiger charge is 2.49. The van der Waals surface area contributed by atoms with Gasteiger partial charge in [-0.15, -0.1) is 0 Å². The SMILES string of the molecule is Cc1cc(-c2ccc3c(n2)N(C(=O)NC2CCCC2)C2(C)CCN3C2)ccn1. The number of aryl methyl sites for hydroxylation is 1. The first-order valence-electron chi connectivity index (χ1n) is 10.3. The van der Waals surface area contributed by atoms with Gasteiger partial charge in [-0.05, 0) is 57.4 Å². The molecule has 2 bridgehead atoms. The quantitative estimate of drug-likeness (QED) is 0.862. The maximum atomic E-state index is 13.4. The lowest BCUT2D eigenvalue weighted by molar-refractivity contribution is 0.235. The number of carbonyl (C=O) groups excluding carboxylic acids is 1. The average Bonchev–Trinajstić information content (AvgIpc) is 3.30. The molecule has 1 aliphatic carbocycles. The van der Waals surface area contributed by atoms with Crippen molar-refractivity contribution in [2.24, 2.45) is 0 Å². The summed E-state index contributed by atoms with van der Waals surface area (Å²) in [6.07, 6.45) is 7.35. The molecule has 146 valence electrons. The van der Waals surface area contributed by atoms with Gasteiger partial charge in [0.15, 0.2) is 5.82 Å². The van der Waals surface area contributed by atoms with Crippen LogP contribution in [-0.4, -0.2) is 40.7 Å². The van der Waals surface area contributed by atoms with Crippen molar-refractivity contribution in [3.8, 4) is 11.3 Å². The first-order valence-corrected chi connectivity index (χ1v) is 10.3. The Bertz CT molecular complexity index is 923. The molecule has 5 rings (SSSR count). The van der Waals surface area contributed by atoms with Gasteiger partial charge in [-0.25, -0.2) is 9.78 Å². The molecular formula is C22H27N5O. The summed E-state index contributed by atoms with van der Waals surface area (Å²) in [7, 11) is 0. The number of anilines is 2. The zero-order chi connectivity index (χ0) is 19.3. The first-order chi connectivity index (χ1) is 13.5. The van der Waals surface area contributed by atoms with Crippen LogP contribution >= 0.6 is 0 Å². The third-order valence-electron chi connectivity index (χ3n) is 6.48. The zero-order valence-electron chi connectivity index (χ0n) is 16.6. The van der Waals surface area contributed by atoms with Gasteiger partial charge in [0.05, 0.1) is 16.9 Å². The Kier molecular flexibility index (Phi) is 4.03. The number of nitrogens with one attached hydrogen (secondary N) is 1. The number of aromatic nitrogens is 2. The smallest absolute Gasteiger partial charge is 0.323 e. The van der Waals surface area contributed by atoms with Crippen LogP contribution in [0.5, 0.6) is 0 Å². The van der Waals surface area contributed by atoms with Crippen molar-refractivity contribution in [3.63, 3.8) is 0 Å². The molecule has 2 amide bonds. The first kappa shape index (κ1) is 17.5. The molecule has 1 saturated heterocycles. The lowest BCUT2D eigenvalue weighted by atomic mass is 9.97.